The average Bonchev–Trinajstić information content (AvgIpc) is 3.05. The Morgan fingerprint density at radius 1 is 1.23 bits per heavy atom. The lowest BCUT2D eigenvalue weighted by Gasteiger charge is -2.16. The minimum absolute atomic E-state index is 0.0280. The molecule has 0 saturated carbocycles. The molecule has 2 aromatic carbocycles. The summed E-state index contributed by atoms with van der Waals surface area (Å²) >= 11 is 0. The highest BCUT2D eigenvalue weighted by atomic mass is 16.5. The van der Waals surface area contributed by atoms with Crippen molar-refractivity contribution >= 4 is 5.78 Å². The van der Waals surface area contributed by atoms with Gasteiger partial charge in [-0.2, -0.15) is 0 Å². The van der Waals surface area contributed by atoms with Crippen LogP contribution in [-0.2, 0) is 6.42 Å². The van der Waals surface area contributed by atoms with Crippen LogP contribution in [0.1, 0.15) is 39.5 Å². The first-order valence-electron chi connectivity index (χ1n) is 8.59. The van der Waals surface area contributed by atoms with E-state index in [1.54, 1.807) is 32.4 Å². The summed E-state index contributed by atoms with van der Waals surface area (Å²) in [5.74, 6) is 1.77. The number of methoxy groups -OCH3 is 2. The third-order valence-corrected chi connectivity index (χ3v) is 4.95. The number of carbonyl (C=O) groups excluding carboxylic acids is 1. The van der Waals surface area contributed by atoms with Gasteiger partial charge >= 0.3 is 0 Å². The van der Waals surface area contributed by atoms with Gasteiger partial charge in [0.05, 0.1) is 19.8 Å². The zero-order valence-electron chi connectivity index (χ0n) is 15.9. The maximum Gasteiger partial charge on any atom is 0.197 e. The van der Waals surface area contributed by atoms with E-state index in [0.29, 0.717) is 22.6 Å². The van der Waals surface area contributed by atoms with Crippen LogP contribution in [0.3, 0.4) is 0 Å². The quantitative estimate of drug-likeness (QED) is 0.590. The highest BCUT2D eigenvalue weighted by Gasteiger charge is 2.30. The molecule has 0 bridgehead atoms. The summed E-state index contributed by atoms with van der Waals surface area (Å²) in [5, 5.41) is 0. The summed E-state index contributed by atoms with van der Waals surface area (Å²) in [5.41, 5.74) is 5.10. The molecular formula is C22H24O4. The minimum Gasteiger partial charge on any atom is -0.493 e. The molecule has 1 unspecified atom stereocenters. The SMILES string of the molecule is C=C(C)C1Cc2c(cc(C)c(C(=O)c3cccc(OC)c3OC)c2C)O1. The average molecular weight is 352 g/mol. The number of aryl methyl sites for hydroxylation is 1. The molecule has 4 nitrogen and oxygen atoms in total. The van der Waals surface area contributed by atoms with Crippen LogP contribution in [0.2, 0.25) is 0 Å². The van der Waals surface area contributed by atoms with Gasteiger partial charge in [-0.05, 0) is 55.7 Å². The summed E-state index contributed by atoms with van der Waals surface area (Å²) in [6.07, 6.45) is 0.714. The van der Waals surface area contributed by atoms with E-state index >= 15 is 0 Å². The first-order chi connectivity index (χ1) is 12.4. The second kappa shape index (κ2) is 6.87. The van der Waals surface area contributed by atoms with Crippen LogP contribution < -0.4 is 14.2 Å². The predicted octanol–water partition coefficient (Wildman–Crippen LogP) is 4.43. The minimum atomic E-state index is -0.0719. The lowest BCUT2D eigenvalue weighted by Crippen LogP contribution is -2.13. The Morgan fingerprint density at radius 2 is 1.96 bits per heavy atom. The Hall–Kier alpha value is -2.75. The molecule has 0 spiro atoms. The van der Waals surface area contributed by atoms with Crippen LogP contribution in [0.4, 0.5) is 0 Å². The van der Waals surface area contributed by atoms with Crippen LogP contribution in [0, 0.1) is 13.8 Å². The molecule has 26 heavy (non-hydrogen) atoms. The monoisotopic (exact) mass is 352 g/mol. The Kier molecular flexibility index (Phi) is 4.77. The molecule has 1 heterocycles. The first-order valence-corrected chi connectivity index (χ1v) is 8.59. The molecule has 2 aromatic rings. The van der Waals surface area contributed by atoms with Crippen molar-refractivity contribution in [2.75, 3.05) is 14.2 Å². The normalized spacial score (nSPS) is 15.2. The van der Waals surface area contributed by atoms with Crippen molar-refractivity contribution in [1.29, 1.82) is 0 Å². The van der Waals surface area contributed by atoms with Gasteiger partial charge in [0.1, 0.15) is 11.9 Å². The predicted molar refractivity (Wildman–Crippen MR) is 102 cm³/mol. The van der Waals surface area contributed by atoms with E-state index in [9.17, 15) is 4.79 Å². The highest BCUT2D eigenvalue weighted by Crippen LogP contribution is 2.39. The third-order valence-electron chi connectivity index (χ3n) is 4.95. The molecule has 0 amide bonds. The summed E-state index contributed by atoms with van der Waals surface area (Å²) < 4.78 is 16.8. The van der Waals surface area contributed by atoms with Crippen molar-refractivity contribution in [3.05, 3.63) is 64.2 Å². The maximum atomic E-state index is 13.4. The molecule has 0 fully saturated rings. The van der Waals surface area contributed by atoms with Gasteiger partial charge in [-0.3, -0.25) is 4.79 Å². The number of rotatable bonds is 5. The van der Waals surface area contributed by atoms with Crippen LogP contribution in [0.15, 0.2) is 36.4 Å². The number of hydrogen-bond acceptors (Lipinski definition) is 4. The fourth-order valence-corrected chi connectivity index (χ4v) is 3.55. The van der Waals surface area contributed by atoms with Gasteiger partial charge in [0.2, 0.25) is 0 Å². The van der Waals surface area contributed by atoms with E-state index in [1.165, 1.54) is 0 Å². The number of fused-ring (bicyclic) bond motifs is 1. The van der Waals surface area contributed by atoms with E-state index in [4.69, 9.17) is 14.2 Å². The summed E-state index contributed by atoms with van der Waals surface area (Å²) in [6, 6.07) is 7.30. The summed E-state index contributed by atoms with van der Waals surface area (Å²) in [6.45, 7) is 9.88. The molecule has 0 aromatic heterocycles. The number of carbonyl (C=O) groups is 1. The molecule has 0 saturated heterocycles. The summed E-state index contributed by atoms with van der Waals surface area (Å²) in [4.78, 5) is 13.4. The maximum absolute atomic E-state index is 13.4. The standard InChI is InChI=1S/C22H24O4/c1-12(2)18-11-16-14(4)20(13(3)10-19(16)26-18)21(23)15-8-7-9-17(24-5)22(15)25-6/h7-10,18H,1,11H2,2-6H3. The molecule has 4 heteroatoms. The number of benzene rings is 2. The lowest BCUT2D eigenvalue weighted by atomic mass is 9.89. The molecule has 1 atom stereocenters. The Labute approximate surface area is 154 Å². The van der Waals surface area contributed by atoms with Crippen LogP contribution in [0.5, 0.6) is 17.2 Å². The second-order valence-electron chi connectivity index (χ2n) is 6.70. The summed E-state index contributed by atoms with van der Waals surface area (Å²) in [7, 11) is 3.11. The van der Waals surface area contributed by atoms with Crippen molar-refractivity contribution in [2.45, 2.75) is 33.3 Å². The number of ketones is 1. The van der Waals surface area contributed by atoms with Crippen molar-refractivity contribution in [1.82, 2.24) is 0 Å². The van der Waals surface area contributed by atoms with Crippen LogP contribution in [-0.4, -0.2) is 26.1 Å². The molecular weight excluding hydrogens is 328 g/mol. The number of hydrogen-bond donors (Lipinski definition) is 0. The van der Waals surface area contributed by atoms with Crippen LogP contribution >= 0.6 is 0 Å². The smallest absolute Gasteiger partial charge is 0.197 e. The molecule has 3 rings (SSSR count). The second-order valence-corrected chi connectivity index (χ2v) is 6.70. The van der Waals surface area contributed by atoms with Gasteiger partial charge in [0, 0.05) is 17.5 Å². The molecule has 0 N–H and O–H groups in total. The van der Waals surface area contributed by atoms with E-state index in [-0.39, 0.29) is 11.9 Å². The fraction of sp³-hybridized carbons (Fsp3) is 0.318. The molecule has 1 aliphatic rings. The number of ether oxygens (including phenoxy) is 3. The lowest BCUT2D eigenvalue weighted by molar-refractivity contribution is 0.103. The largest absolute Gasteiger partial charge is 0.493 e. The molecule has 0 radical (unpaired) electrons. The van der Waals surface area contributed by atoms with Gasteiger partial charge in [0.25, 0.3) is 0 Å². The highest BCUT2D eigenvalue weighted by molar-refractivity contribution is 6.13. The van der Waals surface area contributed by atoms with Crippen molar-refractivity contribution in [2.24, 2.45) is 0 Å². The zero-order chi connectivity index (χ0) is 19.0. The molecule has 1 aliphatic heterocycles. The zero-order valence-corrected chi connectivity index (χ0v) is 15.9. The van der Waals surface area contributed by atoms with Crippen LogP contribution in [0.25, 0.3) is 0 Å². The Balaban J connectivity index is 2.11. The van der Waals surface area contributed by atoms with E-state index in [1.807, 2.05) is 26.8 Å². The first kappa shape index (κ1) is 18.1. The van der Waals surface area contributed by atoms with Gasteiger partial charge in [-0.1, -0.05) is 12.6 Å². The number of para-hydroxylation sites is 1. The Bertz CT molecular complexity index is 896. The van der Waals surface area contributed by atoms with Crippen molar-refractivity contribution in [3.63, 3.8) is 0 Å². The van der Waals surface area contributed by atoms with Gasteiger partial charge in [0.15, 0.2) is 17.3 Å². The van der Waals surface area contributed by atoms with E-state index < -0.39 is 0 Å². The topological polar surface area (TPSA) is 44.8 Å². The Morgan fingerprint density at radius 3 is 2.58 bits per heavy atom. The molecule has 0 aliphatic carbocycles. The third kappa shape index (κ3) is 2.85. The fourth-order valence-electron chi connectivity index (χ4n) is 3.55. The van der Waals surface area contributed by atoms with Gasteiger partial charge in [-0.25, -0.2) is 0 Å². The van der Waals surface area contributed by atoms with Gasteiger partial charge < -0.3 is 14.2 Å². The van der Waals surface area contributed by atoms with E-state index in [2.05, 4.69) is 6.58 Å². The molecule has 136 valence electrons. The van der Waals surface area contributed by atoms with E-state index in [0.717, 1.165) is 34.4 Å². The van der Waals surface area contributed by atoms with Gasteiger partial charge in [-0.15, -0.1) is 0 Å². The van der Waals surface area contributed by atoms with Crippen molar-refractivity contribution in [3.8, 4) is 17.2 Å². The van der Waals surface area contributed by atoms with Crippen molar-refractivity contribution < 1.29 is 19.0 Å².